The smallest absolute Gasteiger partial charge is 0.534 e. The lowest BCUT2D eigenvalue weighted by molar-refractivity contribution is 0.0693. The molecule has 0 fully saturated rings. The number of nitrogens with zero attached hydrogens (tertiary/aromatic N) is 1. The fourth-order valence-corrected chi connectivity index (χ4v) is 2.50. The Balaban J connectivity index is 1.81. The van der Waals surface area contributed by atoms with Crippen LogP contribution in [-0.4, -0.2) is 40.1 Å². The number of fused-ring (bicyclic) bond motifs is 1. The molecule has 24 heavy (non-hydrogen) atoms. The zero-order chi connectivity index (χ0) is 17.3. The van der Waals surface area contributed by atoms with Crippen LogP contribution in [-0.2, 0) is 6.42 Å². The van der Waals surface area contributed by atoms with E-state index in [1.807, 2.05) is 0 Å². The maximum Gasteiger partial charge on any atom is 0.547 e. The summed E-state index contributed by atoms with van der Waals surface area (Å²) in [5, 5.41) is 21.7. The number of hydrogen-bond donors (Lipinski definition) is 3. The molecule has 3 rings (SSSR count). The second-order valence-corrected chi connectivity index (χ2v) is 5.28. The van der Waals surface area contributed by atoms with Gasteiger partial charge < -0.3 is 20.1 Å². The first-order valence-corrected chi connectivity index (χ1v) is 7.07. The molecule has 0 saturated carbocycles. The Hall–Kier alpha value is -2.94. The van der Waals surface area contributed by atoms with E-state index in [2.05, 4.69) is 10.3 Å². The molecule has 1 amide bonds. The highest BCUT2D eigenvalue weighted by molar-refractivity contribution is 6.47. The Bertz CT molecular complexity index is 816. The molecule has 2 heterocycles. The summed E-state index contributed by atoms with van der Waals surface area (Å²) >= 11 is 0. The number of carbonyl (C=O) groups excluding carboxylic acids is 1. The van der Waals surface area contributed by atoms with Crippen molar-refractivity contribution in [3.05, 3.63) is 59.2 Å². The Morgan fingerprint density at radius 3 is 2.88 bits per heavy atom. The zero-order valence-corrected chi connectivity index (χ0v) is 12.3. The average molecular weight is 330 g/mol. The van der Waals surface area contributed by atoms with Gasteiger partial charge in [0.25, 0.3) is 5.91 Å². The predicted molar refractivity (Wildman–Crippen MR) is 81.2 cm³/mol. The molecule has 3 N–H and O–H groups in total. The standard InChI is InChI=1S/C15H12BFN2O5/c17-10-4-9(6-18-7-10)14(20)19-12-5-8-2-1-3-11(15(21)22)13(8)24-16(12)23/h1-4,6-7,12,23H,5H2,(H,19,20)(H,21,22)/t12-/m0/s1. The Morgan fingerprint density at radius 2 is 2.17 bits per heavy atom. The van der Waals surface area contributed by atoms with Crippen molar-refractivity contribution in [2.45, 2.75) is 12.4 Å². The number of halogens is 1. The first kappa shape index (κ1) is 15.9. The second-order valence-electron chi connectivity index (χ2n) is 5.28. The second kappa shape index (κ2) is 6.28. The van der Waals surface area contributed by atoms with Crippen molar-refractivity contribution < 1.29 is 28.8 Å². The summed E-state index contributed by atoms with van der Waals surface area (Å²) in [6.45, 7) is 0. The lowest BCUT2D eigenvalue weighted by Crippen LogP contribution is -2.53. The van der Waals surface area contributed by atoms with E-state index in [0.717, 1.165) is 12.3 Å². The number of amides is 1. The van der Waals surface area contributed by atoms with Crippen molar-refractivity contribution in [3.63, 3.8) is 0 Å². The largest absolute Gasteiger partial charge is 0.547 e. The number of pyridine rings is 1. The maximum absolute atomic E-state index is 13.1. The van der Waals surface area contributed by atoms with Crippen LogP contribution in [0.1, 0.15) is 26.3 Å². The van der Waals surface area contributed by atoms with Crippen LogP contribution in [0.15, 0.2) is 36.7 Å². The molecule has 1 atom stereocenters. The number of carboxylic acids is 1. The Labute approximate surface area is 136 Å². The molecular formula is C15H12BFN2O5. The number of aromatic nitrogens is 1. The maximum atomic E-state index is 13.1. The van der Waals surface area contributed by atoms with E-state index >= 15 is 0 Å². The third-order valence-corrected chi connectivity index (χ3v) is 3.63. The summed E-state index contributed by atoms with van der Waals surface area (Å²) in [5.74, 6) is -3.17. The molecule has 0 unspecified atom stereocenters. The average Bonchev–Trinajstić information content (AvgIpc) is 2.54. The van der Waals surface area contributed by atoms with E-state index in [0.29, 0.717) is 5.56 Å². The van der Waals surface area contributed by atoms with Crippen molar-refractivity contribution in [2.24, 2.45) is 0 Å². The van der Waals surface area contributed by atoms with Crippen LogP contribution in [0, 0.1) is 5.82 Å². The molecule has 0 bridgehead atoms. The highest BCUT2D eigenvalue weighted by Crippen LogP contribution is 2.30. The van der Waals surface area contributed by atoms with Gasteiger partial charge in [0.2, 0.25) is 0 Å². The van der Waals surface area contributed by atoms with Gasteiger partial charge in [0.15, 0.2) is 0 Å². The molecule has 0 aliphatic carbocycles. The fraction of sp³-hybridized carbons (Fsp3) is 0.133. The molecule has 7 nitrogen and oxygen atoms in total. The number of aromatic carboxylic acids is 1. The van der Waals surface area contributed by atoms with E-state index in [4.69, 9.17) is 9.76 Å². The van der Waals surface area contributed by atoms with Crippen LogP contribution >= 0.6 is 0 Å². The van der Waals surface area contributed by atoms with Gasteiger partial charge in [-0.15, -0.1) is 0 Å². The normalized spacial score (nSPS) is 16.1. The molecule has 1 aliphatic rings. The van der Waals surface area contributed by atoms with Crippen LogP contribution in [0.25, 0.3) is 0 Å². The molecule has 1 aromatic carbocycles. The van der Waals surface area contributed by atoms with Gasteiger partial charge in [-0.05, 0) is 24.1 Å². The highest BCUT2D eigenvalue weighted by atomic mass is 19.1. The van der Waals surface area contributed by atoms with Gasteiger partial charge in [-0.2, -0.15) is 0 Å². The van der Waals surface area contributed by atoms with Gasteiger partial charge in [0.05, 0.1) is 23.3 Å². The van der Waals surface area contributed by atoms with Gasteiger partial charge in [0.1, 0.15) is 11.6 Å². The SMILES string of the molecule is O=C(N[C@H]1Cc2cccc(C(=O)O)c2OB1O)c1cncc(F)c1. The topological polar surface area (TPSA) is 109 Å². The van der Waals surface area contributed by atoms with Gasteiger partial charge in [-0.1, -0.05) is 12.1 Å². The third-order valence-electron chi connectivity index (χ3n) is 3.63. The number of para-hydroxylation sites is 1. The first-order valence-electron chi connectivity index (χ1n) is 7.07. The van der Waals surface area contributed by atoms with E-state index in [9.17, 15) is 19.0 Å². The van der Waals surface area contributed by atoms with Crippen LogP contribution in [0.5, 0.6) is 5.75 Å². The highest BCUT2D eigenvalue weighted by Gasteiger charge is 2.37. The summed E-state index contributed by atoms with van der Waals surface area (Å²) in [5.41, 5.74) is 0.487. The minimum Gasteiger partial charge on any atom is -0.534 e. The number of rotatable bonds is 3. The Morgan fingerprint density at radius 1 is 1.38 bits per heavy atom. The fourth-order valence-electron chi connectivity index (χ4n) is 2.50. The van der Waals surface area contributed by atoms with E-state index < -0.39 is 30.8 Å². The molecular weight excluding hydrogens is 318 g/mol. The summed E-state index contributed by atoms with van der Waals surface area (Å²) in [6, 6.07) is 5.59. The molecule has 0 saturated heterocycles. The summed E-state index contributed by atoms with van der Waals surface area (Å²) < 4.78 is 18.4. The lowest BCUT2D eigenvalue weighted by Gasteiger charge is -2.28. The van der Waals surface area contributed by atoms with Crippen LogP contribution in [0.2, 0.25) is 0 Å². The number of benzene rings is 1. The van der Waals surface area contributed by atoms with E-state index in [1.54, 1.807) is 12.1 Å². The lowest BCUT2D eigenvalue weighted by atomic mass is 9.72. The van der Waals surface area contributed by atoms with Crippen LogP contribution in [0.4, 0.5) is 4.39 Å². The number of nitrogens with one attached hydrogen (secondary N) is 1. The van der Waals surface area contributed by atoms with Gasteiger partial charge in [0, 0.05) is 6.20 Å². The third kappa shape index (κ3) is 3.06. The monoisotopic (exact) mass is 330 g/mol. The minimum atomic E-state index is -1.43. The molecule has 0 spiro atoms. The molecule has 2 aromatic rings. The van der Waals surface area contributed by atoms with Gasteiger partial charge >= 0.3 is 13.1 Å². The number of carboxylic acid groups (broad SMARTS) is 1. The van der Waals surface area contributed by atoms with Crippen molar-refractivity contribution in [1.29, 1.82) is 0 Å². The predicted octanol–water partition coefficient (Wildman–Crippen LogP) is 0.672. The Kier molecular flexibility index (Phi) is 4.17. The van der Waals surface area contributed by atoms with Gasteiger partial charge in [-0.3, -0.25) is 9.78 Å². The molecule has 122 valence electrons. The van der Waals surface area contributed by atoms with Crippen LogP contribution < -0.4 is 9.97 Å². The molecule has 1 aromatic heterocycles. The first-order chi connectivity index (χ1) is 11.5. The molecule has 9 heteroatoms. The summed E-state index contributed by atoms with van der Waals surface area (Å²) in [4.78, 5) is 26.9. The quantitative estimate of drug-likeness (QED) is 0.714. The minimum absolute atomic E-state index is 0.00674. The van der Waals surface area contributed by atoms with Crippen molar-refractivity contribution in [3.8, 4) is 5.75 Å². The number of carbonyl (C=O) groups is 2. The van der Waals surface area contributed by atoms with Crippen molar-refractivity contribution in [2.75, 3.05) is 0 Å². The number of hydrogen-bond acceptors (Lipinski definition) is 5. The molecule has 1 aliphatic heterocycles. The molecule has 0 radical (unpaired) electrons. The van der Waals surface area contributed by atoms with Crippen molar-refractivity contribution in [1.82, 2.24) is 10.3 Å². The van der Waals surface area contributed by atoms with E-state index in [1.165, 1.54) is 12.3 Å². The van der Waals surface area contributed by atoms with Crippen molar-refractivity contribution >= 4 is 19.0 Å². The van der Waals surface area contributed by atoms with E-state index in [-0.39, 0.29) is 23.3 Å². The van der Waals surface area contributed by atoms with Gasteiger partial charge in [-0.25, -0.2) is 9.18 Å². The summed E-state index contributed by atoms with van der Waals surface area (Å²) in [7, 11) is -1.43. The zero-order valence-electron chi connectivity index (χ0n) is 12.3. The van der Waals surface area contributed by atoms with Crippen LogP contribution in [0.3, 0.4) is 0 Å². The summed E-state index contributed by atoms with van der Waals surface area (Å²) in [6.07, 6.45) is 2.34.